The Balaban J connectivity index is 1.69. The number of nitrogen functional groups attached to an aromatic ring is 2. The molecule has 6 nitrogen and oxygen atoms in total. The third kappa shape index (κ3) is 6.11. The Morgan fingerprint density at radius 2 is 0.875 bits per heavy atom. The summed E-state index contributed by atoms with van der Waals surface area (Å²) in [5.41, 5.74) is 14.7. The van der Waals surface area contributed by atoms with Crippen LogP contribution in [-0.2, 0) is 0 Å². The predicted molar refractivity (Wildman–Crippen MR) is 156 cm³/mol. The van der Waals surface area contributed by atoms with Gasteiger partial charge in [0.2, 0.25) is 0 Å². The highest BCUT2D eigenvalue weighted by Gasteiger charge is 2.16. The number of hydrogen-bond donors (Lipinski definition) is 4. The number of ether oxygens (including phenoxy) is 2. The summed E-state index contributed by atoms with van der Waals surface area (Å²) in [5, 5.41) is 19.7. The van der Waals surface area contributed by atoms with Crippen LogP contribution in [0.5, 0.6) is 34.5 Å². The van der Waals surface area contributed by atoms with Gasteiger partial charge in [-0.15, -0.1) is 0 Å². The molecule has 0 saturated heterocycles. The molecule has 0 aliphatic heterocycles. The molecule has 0 spiro atoms. The van der Waals surface area contributed by atoms with E-state index in [1.807, 2.05) is 60.7 Å². The first-order valence-electron chi connectivity index (χ1n) is 12.3. The Bertz CT molecular complexity index is 1660. The molecule has 5 aromatic rings. The van der Waals surface area contributed by atoms with Crippen molar-refractivity contribution in [3.63, 3.8) is 0 Å². The van der Waals surface area contributed by atoms with E-state index < -0.39 is 0 Å². The molecule has 5 aromatic carbocycles. The van der Waals surface area contributed by atoms with Gasteiger partial charge in [0.05, 0.1) is 22.5 Å². The monoisotopic (exact) mass is 524 g/mol. The highest BCUT2D eigenvalue weighted by molar-refractivity contribution is 5.67. The maximum absolute atomic E-state index is 9.85. The van der Waals surface area contributed by atoms with E-state index in [1.54, 1.807) is 24.3 Å². The highest BCUT2D eigenvalue weighted by Crippen LogP contribution is 2.37. The lowest BCUT2D eigenvalue weighted by atomic mass is 10.0. The fraction of sp³-hybridized carbons (Fsp3) is 0. The third-order valence-corrected chi connectivity index (χ3v) is 5.79. The smallest absolute Gasteiger partial charge is 0.144 e. The molecule has 194 valence electrons. The minimum Gasteiger partial charge on any atom is -0.506 e. The Morgan fingerprint density at radius 1 is 0.475 bits per heavy atom. The zero-order valence-electron chi connectivity index (χ0n) is 21.3. The molecular weight excluding hydrogens is 500 g/mol. The Morgan fingerprint density at radius 3 is 1.25 bits per heavy atom. The van der Waals surface area contributed by atoms with Gasteiger partial charge in [-0.1, -0.05) is 60.1 Å². The molecule has 0 unspecified atom stereocenters. The van der Waals surface area contributed by atoms with Gasteiger partial charge in [0, 0.05) is 23.3 Å². The van der Waals surface area contributed by atoms with Crippen LogP contribution < -0.4 is 20.9 Å². The van der Waals surface area contributed by atoms with Gasteiger partial charge in [-0.3, -0.25) is 0 Å². The topological polar surface area (TPSA) is 111 Å². The van der Waals surface area contributed by atoms with Gasteiger partial charge in [-0.25, -0.2) is 0 Å². The first-order chi connectivity index (χ1) is 19.5. The molecule has 0 radical (unpaired) electrons. The second-order valence-electron chi connectivity index (χ2n) is 8.69. The maximum atomic E-state index is 9.85. The average Bonchev–Trinajstić information content (AvgIpc) is 2.97. The van der Waals surface area contributed by atoms with Crippen LogP contribution in [0.4, 0.5) is 11.4 Å². The van der Waals surface area contributed by atoms with E-state index in [9.17, 15) is 10.2 Å². The molecule has 0 fully saturated rings. The molecule has 0 heterocycles. The summed E-state index contributed by atoms with van der Waals surface area (Å²) in [6.07, 6.45) is 0. The maximum Gasteiger partial charge on any atom is 0.144 e. The van der Waals surface area contributed by atoms with E-state index in [0.717, 1.165) is 11.1 Å². The second kappa shape index (κ2) is 11.6. The summed E-state index contributed by atoms with van der Waals surface area (Å²) < 4.78 is 12.4. The van der Waals surface area contributed by atoms with E-state index in [1.165, 1.54) is 24.3 Å². The van der Waals surface area contributed by atoms with Crippen molar-refractivity contribution in [2.24, 2.45) is 0 Å². The van der Waals surface area contributed by atoms with Gasteiger partial charge >= 0.3 is 0 Å². The van der Waals surface area contributed by atoms with Crippen LogP contribution in [0, 0.1) is 23.7 Å². The van der Waals surface area contributed by atoms with Crippen LogP contribution in [0.3, 0.4) is 0 Å². The van der Waals surface area contributed by atoms with Crippen molar-refractivity contribution in [1.29, 1.82) is 0 Å². The normalized spacial score (nSPS) is 10.0. The SMILES string of the molecule is Nc1cc(Oc2ccc(Oc3ccc(O)c(N)c3)c(C#Cc3ccccc3)c2C#Cc2ccccc2)ccc1O. The van der Waals surface area contributed by atoms with E-state index >= 15 is 0 Å². The van der Waals surface area contributed by atoms with Gasteiger partial charge in [-0.2, -0.15) is 0 Å². The van der Waals surface area contributed by atoms with Crippen LogP contribution >= 0.6 is 0 Å². The number of rotatable bonds is 4. The molecule has 5 rings (SSSR count). The van der Waals surface area contributed by atoms with Crippen molar-refractivity contribution >= 4 is 11.4 Å². The van der Waals surface area contributed by atoms with Crippen molar-refractivity contribution < 1.29 is 19.7 Å². The van der Waals surface area contributed by atoms with E-state index in [-0.39, 0.29) is 22.9 Å². The molecule has 40 heavy (non-hydrogen) atoms. The number of phenolic OH excluding ortho intramolecular Hbond substituents is 2. The highest BCUT2D eigenvalue weighted by atomic mass is 16.5. The zero-order valence-corrected chi connectivity index (χ0v) is 21.3. The molecule has 6 heteroatoms. The lowest BCUT2D eigenvalue weighted by molar-refractivity contribution is 0.458. The van der Waals surface area contributed by atoms with Crippen LogP contribution in [-0.4, -0.2) is 10.2 Å². The summed E-state index contributed by atoms with van der Waals surface area (Å²) in [6, 6.07) is 31.8. The summed E-state index contributed by atoms with van der Waals surface area (Å²) in [7, 11) is 0. The largest absolute Gasteiger partial charge is 0.506 e. The molecule has 0 aliphatic carbocycles. The molecule has 0 amide bonds. The van der Waals surface area contributed by atoms with Gasteiger partial charge in [-0.05, 0) is 60.7 Å². The van der Waals surface area contributed by atoms with E-state index in [4.69, 9.17) is 20.9 Å². The zero-order chi connectivity index (χ0) is 27.9. The fourth-order valence-corrected chi connectivity index (χ4v) is 3.74. The number of benzene rings is 5. The Labute approximate surface area is 232 Å². The standard InChI is InChI=1S/C34H24N2O4/c35-29-21-25(13-17-31(29)37)39-33-19-20-34(40-26-14-18-32(38)30(36)22-26)28(16-12-24-9-5-2-6-10-24)27(33)15-11-23-7-3-1-4-8-23/h1-10,13-14,17-22,37-38H,35-36H2. The number of phenols is 2. The minimum absolute atomic E-state index is 0.0391. The first-order valence-corrected chi connectivity index (χ1v) is 12.3. The summed E-state index contributed by atoms with van der Waals surface area (Å²) >= 11 is 0. The molecule has 6 N–H and O–H groups in total. The number of hydrogen-bond acceptors (Lipinski definition) is 6. The van der Waals surface area contributed by atoms with Crippen LogP contribution in [0.1, 0.15) is 22.3 Å². The van der Waals surface area contributed by atoms with Crippen LogP contribution in [0.15, 0.2) is 109 Å². The van der Waals surface area contributed by atoms with E-state index in [0.29, 0.717) is 34.1 Å². The Hall–Kier alpha value is -5.98. The average molecular weight is 525 g/mol. The van der Waals surface area contributed by atoms with Gasteiger partial charge < -0.3 is 31.2 Å². The quantitative estimate of drug-likeness (QED) is 0.119. The predicted octanol–water partition coefficient (Wildman–Crippen LogP) is 6.65. The van der Waals surface area contributed by atoms with Crippen molar-refractivity contribution in [2.75, 3.05) is 11.5 Å². The number of nitrogens with two attached hydrogens (primary N) is 2. The van der Waals surface area contributed by atoms with Crippen molar-refractivity contribution in [3.05, 3.63) is 131 Å². The molecule has 0 atom stereocenters. The van der Waals surface area contributed by atoms with Crippen molar-refractivity contribution in [1.82, 2.24) is 0 Å². The van der Waals surface area contributed by atoms with Crippen molar-refractivity contribution in [2.45, 2.75) is 0 Å². The van der Waals surface area contributed by atoms with Gasteiger partial charge in [0.1, 0.15) is 34.5 Å². The lowest BCUT2D eigenvalue weighted by Crippen LogP contribution is -1.97. The van der Waals surface area contributed by atoms with Gasteiger partial charge in [0.25, 0.3) is 0 Å². The molecule has 0 bridgehead atoms. The summed E-state index contributed by atoms with van der Waals surface area (Å²) in [6.45, 7) is 0. The Kier molecular flexibility index (Phi) is 7.44. The van der Waals surface area contributed by atoms with Crippen LogP contribution in [0.2, 0.25) is 0 Å². The minimum atomic E-state index is -0.0391. The molecule has 0 aliphatic rings. The van der Waals surface area contributed by atoms with E-state index in [2.05, 4.69) is 23.7 Å². The molecule has 0 saturated carbocycles. The van der Waals surface area contributed by atoms with Crippen molar-refractivity contribution in [3.8, 4) is 58.2 Å². The summed E-state index contributed by atoms with van der Waals surface area (Å²) in [5.74, 6) is 14.4. The third-order valence-electron chi connectivity index (χ3n) is 5.79. The van der Waals surface area contributed by atoms with Crippen LogP contribution in [0.25, 0.3) is 0 Å². The fourth-order valence-electron chi connectivity index (χ4n) is 3.74. The summed E-state index contributed by atoms with van der Waals surface area (Å²) in [4.78, 5) is 0. The first kappa shape index (κ1) is 25.7. The number of aromatic hydroxyl groups is 2. The molecular formula is C34H24N2O4. The second-order valence-corrected chi connectivity index (χ2v) is 8.69. The van der Waals surface area contributed by atoms with Gasteiger partial charge in [0.15, 0.2) is 0 Å². The number of anilines is 2. The molecule has 0 aromatic heterocycles. The lowest BCUT2D eigenvalue weighted by Gasteiger charge is -2.15.